The van der Waals surface area contributed by atoms with Crippen molar-refractivity contribution in [3.63, 3.8) is 0 Å². The highest BCUT2D eigenvalue weighted by atomic mass is 35.5. The standard InChI is InChI=1S/C19H26BClO4/c1-14(20-24-17(2,3)18(4,5)25-20)19(6,13-22)11-12-23-16-9-7-15(21)8-10-16/h7-10,13H,1,11-12H2,2-6H3. The fraction of sp³-hybridized carbons (Fsp3) is 0.526. The Hall–Kier alpha value is -1.30. The second-order valence-electron chi connectivity index (χ2n) is 7.70. The number of hydrogen-bond donors (Lipinski definition) is 0. The third kappa shape index (κ3) is 4.28. The zero-order valence-corrected chi connectivity index (χ0v) is 16.4. The van der Waals surface area contributed by atoms with Crippen molar-refractivity contribution >= 4 is 25.0 Å². The van der Waals surface area contributed by atoms with Crippen LogP contribution in [0.25, 0.3) is 0 Å². The summed E-state index contributed by atoms with van der Waals surface area (Å²) in [7, 11) is -0.615. The molecule has 1 atom stereocenters. The molecule has 1 unspecified atom stereocenters. The van der Waals surface area contributed by atoms with Crippen molar-refractivity contribution in [1.82, 2.24) is 0 Å². The first kappa shape index (κ1) is 20.0. The SMILES string of the molecule is C=C(B1OC(C)(C)C(C)(C)O1)C(C)(C=O)CCOc1ccc(Cl)cc1. The summed E-state index contributed by atoms with van der Waals surface area (Å²) in [5.41, 5.74) is -1.12. The summed E-state index contributed by atoms with van der Waals surface area (Å²) < 4.78 is 17.7. The highest BCUT2D eigenvalue weighted by Gasteiger charge is 2.54. The van der Waals surface area contributed by atoms with E-state index in [0.717, 1.165) is 6.29 Å². The summed E-state index contributed by atoms with van der Waals surface area (Å²) in [6.07, 6.45) is 1.37. The zero-order chi connectivity index (χ0) is 18.9. The highest BCUT2D eigenvalue weighted by molar-refractivity contribution is 6.55. The second-order valence-corrected chi connectivity index (χ2v) is 8.14. The van der Waals surface area contributed by atoms with Gasteiger partial charge in [-0.3, -0.25) is 0 Å². The minimum Gasteiger partial charge on any atom is -0.494 e. The van der Waals surface area contributed by atoms with Crippen LogP contribution in [-0.4, -0.2) is 31.2 Å². The predicted octanol–water partition coefficient (Wildman–Crippen LogP) is 4.50. The van der Waals surface area contributed by atoms with Gasteiger partial charge in [0.15, 0.2) is 0 Å². The van der Waals surface area contributed by atoms with Gasteiger partial charge in [0.05, 0.1) is 17.8 Å². The molecule has 1 heterocycles. The van der Waals surface area contributed by atoms with E-state index >= 15 is 0 Å². The third-order valence-corrected chi connectivity index (χ3v) is 5.49. The van der Waals surface area contributed by atoms with Crippen molar-refractivity contribution in [2.75, 3.05) is 6.61 Å². The first-order valence-electron chi connectivity index (χ1n) is 8.40. The summed E-state index contributed by atoms with van der Waals surface area (Å²) in [6, 6.07) is 7.12. The smallest absolute Gasteiger partial charge is 0.490 e. The van der Waals surface area contributed by atoms with Gasteiger partial charge in [0.25, 0.3) is 0 Å². The van der Waals surface area contributed by atoms with Gasteiger partial charge < -0.3 is 18.8 Å². The van der Waals surface area contributed by atoms with Crippen molar-refractivity contribution in [2.45, 2.75) is 52.2 Å². The third-order valence-electron chi connectivity index (χ3n) is 5.24. The number of halogens is 1. The van der Waals surface area contributed by atoms with E-state index in [-0.39, 0.29) is 0 Å². The fourth-order valence-corrected chi connectivity index (χ4v) is 2.59. The number of carbonyl (C=O) groups excluding carboxylic acids is 1. The molecule has 0 spiro atoms. The molecule has 0 aliphatic carbocycles. The molecule has 2 rings (SSSR count). The normalized spacial score (nSPS) is 20.8. The predicted molar refractivity (Wildman–Crippen MR) is 101 cm³/mol. The molecule has 1 aliphatic rings. The summed E-state index contributed by atoms with van der Waals surface area (Å²) in [6.45, 7) is 14.2. The molecule has 0 aromatic heterocycles. The molecule has 0 saturated carbocycles. The van der Waals surface area contributed by atoms with Gasteiger partial charge in [-0.25, -0.2) is 0 Å². The van der Waals surface area contributed by atoms with E-state index in [9.17, 15) is 4.79 Å². The van der Waals surface area contributed by atoms with Crippen LogP contribution in [0, 0.1) is 5.41 Å². The van der Waals surface area contributed by atoms with Crippen LogP contribution in [-0.2, 0) is 14.1 Å². The number of ether oxygens (including phenoxy) is 1. The Morgan fingerprint density at radius 1 is 1.24 bits per heavy atom. The van der Waals surface area contributed by atoms with Gasteiger partial charge in [-0.1, -0.05) is 11.6 Å². The van der Waals surface area contributed by atoms with E-state index in [1.54, 1.807) is 24.3 Å². The summed E-state index contributed by atoms with van der Waals surface area (Å²) >= 11 is 5.86. The van der Waals surface area contributed by atoms with E-state index in [1.165, 1.54) is 0 Å². The second kappa shape index (κ2) is 7.14. The Morgan fingerprint density at radius 2 is 1.76 bits per heavy atom. The lowest BCUT2D eigenvalue weighted by molar-refractivity contribution is -0.114. The monoisotopic (exact) mass is 364 g/mol. The quantitative estimate of drug-likeness (QED) is 0.528. The van der Waals surface area contributed by atoms with Crippen LogP contribution >= 0.6 is 11.6 Å². The van der Waals surface area contributed by atoms with Crippen LogP contribution in [0.1, 0.15) is 41.0 Å². The maximum absolute atomic E-state index is 11.8. The lowest BCUT2D eigenvalue weighted by Gasteiger charge is -2.32. The molecule has 0 bridgehead atoms. The number of aldehydes is 1. The summed E-state index contributed by atoms with van der Waals surface area (Å²) in [5, 5.41) is 0.652. The molecule has 6 heteroatoms. The van der Waals surface area contributed by atoms with E-state index in [0.29, 0.717) is 29.3 Å². The highest BCUT2D eigenvalue weighted by Crippen LogP contribution is 2.42. The van der Waals surface area contributed by atoms with E-state index in [2.05, 4.69) is 6.58 Å². The molecular weight excluding hydrogens is 338 g/mol. The first-order valence-corrected chi connectivity index (χ1v) is 8.78. The average molecular weight is 365 g/mol. The molecule has 1 aromatic carbocycles. The summed E-state index contributed by atoms with van der Waals surface area (Å²) in [5.74, 6) is 0.707. The molecule has 25 heavy (non-hydrogen) atoms. The van der Waals surface area contributed by atoms with Crippen LogP contribution in [0.5, 0.6) is 5.75 Å². The first-order chi connectivity index (χ1) is 11.5. The molecule has 0 radical (unpaired) electrons. The topological polar surface area (TPSA) is 44.8 Å². The number of hydrogen-bond acceptors (Lipinski definition) is 4. The number of carbonyl (C=O) groups is 1. The van der Waals surface area contributed by atoms with Crippen molar-refractivity contribution in [3.05, 3.63) is 41.3 Å². The van der Waals surface area contributed by atoms with Gasteiger partial charge in [-0.15, -0.1) is 6.58 Å². The van der Waals surface area contributed by atoms with Gasteiger partial charge in [0.2, 0.25) is 0 Å². The minimum absolute atomic E-state index is 0.370. The van der Waals surface area contributed by atoms with Crippen LogP contribution in [0.2, 0.25) is 5.02 Å². The molecule has 1 aromatic rings. The molecule has 1 fully saturated rings. The van der Waals surface area contributed by atoms with Gasteiger partial charge in [0.1, 0.15) is 12.0 Å². The van der Waals surface area contributed by atoms with Gasteiger partial charge in [-0.05, 0) is 70.8 Å². The molecule has 0 amide bonds. The Morgan fingerprint density at radius 3 is 2.24 bits per heavy atom. The van der Waals surface area contributed by atoms with E-state index < -0.39 is 23.7 Å². The van der Waals surface area contributed by atoms with Crippen molar-refractivity contribution in [3.8, 4) is 5.75 Å². The lowest BCUT2D eigenvalue weighted by Crippen LogP contribution is -2.41. The number of rotatable bonds is 7. The molecule has 4 nitrogen and oxygen atoms in total. The molecule has 136 valence electrons. The van der Waals surface area contributed by atoms with Crippen LogP contribution in [0.3, 0.4) is 0 Å². The zero-order valence-electron chi connectivity index (χ0n) is 15.6. The van der Waals surface area contributed by atoms with Crippen LogP contribution in [0.4, 0.5) is 0 Å². The summed E-state index contributed by atoms with van der Waals surface area (Å²) in [4.78, 5) is 11.8. The van der Waals surface area contributed by atoms with E-state index in [4.69, 9.17) is 25.6 Å². The maximum atomic E-state index is 11.8. The van der Waals surface area contributed by atoms with Gasteiger partial charge in [-0.2, -0.15) is 0 Å². The molecule has 1 saturated heterocycles. The number of allylic oxidation sites excluding steroid dienone is 1. The lowest BCUT2D eigenvalue weighted by atomic mass is 9.63. The average Bonchev–Trinajstić information content (AvgIpc) is 2.76. The Kier molecular flexibility index (Phi) is 5.72. The Bertz CT molecular complexity index is 625. The van der Waals surface area contributed by atoms with Gasteiger partial charge in [0, 0.05) is 10.4 Å². The maximum Gasteiger partial charge on any atom is 0.490 e. The van der Waals surface area contributed by atoms with E-state index in [1.807, 2.05) is 34.6 Å². The van der Waals surface area contributed by atoms with Crippen LogP contribution < -0.4 is 4.74 Å². The van der Waals surface area contributed by atoms with Crippen LogP contribution in [0.15, 0.2) is 36.3 Å². The largest absolute Gasteiger partial charge is 0.494 e. The van der Waals surface area contributed by atoms with Gasteiger partial charge >= 0.3 is 7.12 Å². The fourth-order valence-electron chi connectivity index (χ4n) is 2.46. The molecule has 0 N–H and O–H groups in total. The molecule has 1 aliphatic heterocycles. The molecular formula is C19H26BClO4. The Labute approximate surface area is 155 Å². The van der Waals surface area contributed by atoms with Crippen molar-refractivity contribution < 1.29 is 18.8 Å². The Balaban J connectivity index is 2.00. The number of benzene rings is 1. The minimum atomic E-state index is -0.798. The van der Waals surface area contributed by atoms with Crippen molar-refractivity contribution in [2.24, 2.45) is 5.41 Å². The van der Waals surface area contributed by atoms with Crippen molar-refractivity contribution in [1.29, 1.82) is 0 Å².